The molecule has 0 spiro atoms. The Labute approximate surface area is 97.6 Å². The summed E-state index contributed by atoms with van der Waals surface area (Å²) in [6, 6.07) is 3.52. The second kappa shape index (κ2) is 5.29. The molecular formula is C11H13FN2O3. The molecule has 92 valence electrons. The predicted octanol–water partition coefficient (Wildman–Crippen LogP) is 0.836. The number of hydrogen-bond donors (Lipinski definition) is 2. The van der Waals surface area contributed by atoms with Gasteiger partial charge in [-0.3, -0.25) is 4.79 Å². The zero-order chi connectivity index (χ0) is 13.0. The SMILES string of the molecule is CCN(CC(N)=O)c1ccc(C(=O)O)cc1F. The number of primary amides is 1. The van der Waals surface area contributed by atoms with E-state index in [9.17, 15) is 14.0 Å². The van der Waals surface area contributed by atoms with E-state index in [0.717, 1.165) is 6.07 Å². The molecule has 1 aromatic rings. The van der Waals surface area contributed by atoms with Crippen molar-refractivity contribution in [2.24, 2.45) is 5.73 Å². The van der Waals surface area contributed by atoms with E-state index in [4.69, 9.17) is 10.8 Å². The molecule has 0 unspecified atom stereocenters. The van der Waals surface area contributed by atoms with E-state index in [1.54, 1.807) is 6.92 Å². The molecule has 5 nitrogen and oxygen atoms in total. The van der Waals surface area contributed by atoms with E-state index in [-0.39, 0.29) is 17.8 Å². The monoisotopic (exact) mass is 240 g/mol. The van der Waals surface area contributed by atoms with Crippen molar-refractivity contribution in [3.8, 4) is 0 Å². The summed E-state index contributed by atoms with van der Waals surface area (Å²) in [7, 11) is 0. The molecule has 0 aliphatic carbocycles. The Morgan fingerprint density at radius 1 is 1.47 bits per heavy atom. The maximum Gasteiger partial charge on any atom is 0.335 e. The average molecular weight is 240 g/mol. The molecule has 6 heteroatoms. The van der Waals surface area contributed by atoms with E-state index in [2.05, 4.69) is 0 Å². The number of carbonyl (C=O) groups is 2. The van der Waals surface area contributed by atoms with Crippen LogP contribution in [-0.2, 0) is 4.79 Å². The van der Waals surface area contributed by atoms with E-state index >= 15 is 0 Å². The molecule has 0 aliphatic heterocycles. The van der Waals surface area contributed by atoms with Crippen LogP contribution in [0.25, 0.3) is 0 Å². The van der Waals surface area contributed by atoms with Crippen molar-refractivity contribution in [2.75, 3.05) is 18.0 Å². The first-order valence-electron chi connectivity index (χ1n) is 5.01. The van der Waals surface area contributed by atoms with E-state index < -0.39 is 17.7 Å². The van der Waals surface area contributed by atoms with Crippen LogP contribution in [-0.4, -0.2) is 30.1 Å². The maximum atomic E-state index is 13.6. The highest BCUT2D eigenvalue weighted by Crippen LogP contribution is 2.20. The van der Waals surface area contributed by atoms with Crippen LogP contribution >= 0.6 is 0 Å². The number of rotatable bonds is 5. The van der Waals surface area contributed by atoms with Gasteiger partial charge < -0.3 is 15.7 Å². The van der Waals surface area contributed by atoms with Gasteiger partial charge in [0, 0.05) is 6.54 Å². The first-order valence-corrected chi connectivity index (χ1v) is 5.01. The normalized spacial score (nSPS) is 10.0. The number of carbonyl (C=O) groups excluding carboxylic acids is 1. The molecule has 0 fully saturated rings. The molecule has 1 aromatic carbocycles. The molecule has 1 rings (SSSR count). The summed E-state index contributed by atoms with van der Waals surface area (Å²) in [6.07, 6.45) is 0. The van der Waals surface area contributed by atoms with Gasteiger partial charge in [-0.15, -0.1) is 0 Å². The summed E-state index contributed by atoms with van der Waals surface area (Å²) >= 11 is 0. The Balaban J connectivity index is 3.04. The molecule has 0 atom stereocenters. The van der Waals surface area contributed by atoms with Crippen LogP contribution in [0.1, 0.15) is 17.3 Å². The van der Waals surface area contributed by atoms with Crippen molar-refractivity contribution < 1.29 is 19.1 Å². The lowest BCUT2D eigenvalue weighted by molar-refractivity contribution is -0.116. The number of carboxylic acids is 1. The van der Waals surface area contributed by atoms with Crippen molar-refractivity contribution in [3.05, 3.63) is 29.6 Å². The smallest absolute Gasteiger partial charge is 0.335 e. The van der Waals surface area contributed by atoms with Gasteiger partial charge in [0.1, 0.15) is 5.82 Å². The van der Waals surface area contributed by atoms with Gasteiger partial charge in [0.05, 0.1) is 17.8 Å². The molecule has 0 saturated carbocycles. The Morgan fingerprint density at radius 2 is 2.12 bits per heavy atom. The van der Waals surface area contributed by atoms with Crippen LogP contribution in [0.3, 0.4) is 0 Å². The largest absolute Gasteiger partial charge is 0.478 e. The molecule has 0 aromatic heterocycles. The quantitative estimate of drug-likeness (QED) is 0.798. The van der Waals surface area contributed by atoms with Gasteiger partial charge in [-0.25, -0.2) is 9.18 Å². The van der Waals surface area contributed by atoms with Gasteiger partial charge in [-0.05, 0) is 25.1 Å². The Kier molecular flexibility index (Phi) is 4.03. The molecule has 1 amide bonds. The van der Waals surface area contributed by atoms with Crippen LogP contribution in [0.2, 0.25) is 0 Å². The van der Waals surface area contributed by atoms with Crippen LogP contribution in [0.4, 0.5) is 10.1 Å². The lowest BCUT2D eigenvalue weighted by Gasteiger charge is -2.21. The number of aromatic carboxylic acids is 1. The summed E-state index contributed by atoms with van der Waals surface area (Å²) in [5, 5.41) is 8.69. The molecular weight excluding hydrogens is 227 g/mol. The molecule has 0 bridgehead atoms. The number of likely N-dealkylation sites (N-methyl/N-ethyl adjacent to an activating group) is 1. The van der Waals surface area contributed by atoms with Gasteiger partial charge in [-0.1, -0.05) is 0 Å². The molecule has 0 saturated heterocycles. The Hall–Kier alpha value is -2.11. The van der Waals surface area contributed by atoms with Crippen LogP contribution in [0, 0.1) is 5.82 Å². The van der Waals surface area contributed by atoms with Gasteiger partial charge in [0.2, 0.25) is 5.91 Å². The Morgan fingerprint density at radius 3 is 2.53 bits per heavy atom. The summed E-state index contributed by atoms with van der Waals surface area (Å²) < 4.78 is 13.6. The van der Waals surface area contributed by atoms with E-state index in [0.29, 0.717) is 6.54 Å². The second-order valence-electron chi connectivity index (χ2n) is 3.45. The minimum Gasteiger partial charge on any atom is -0.478 e. The molecule has 0 radical (unpaired) electrons. The molecule has 0 aliphatic rings. The average Bonchev–Trinajstić information content (AvgIpc) is 2.25. The number of benzene rings is 1. The highest BCUT2D eigenvalue weighted by molar-refractivity contribution is 5.88. The minimum absolute atomic E-state index is 0.111. The van der Waals surface area contributed by atoms with Crippen molar-refractivity contribution >= 4 is 17.6 Å². The summed E-state index contributed by atoms with van der Waals surface area (Å²) in [5.74, 6) is -2.46. The van der Waals surface area contributed by atoms with Crippen LogP contribution in [0.5, 0.6) is 0 Å². The number of carboxylic acid groups (broad SMARTS) is 1. The number of halogens is 1. The third kappa shape index (κ3) is 3.17. The standard InChI is InChI=1S/C11H13FN2O3/c1-2-14(6-10(13)15)9-4-3-7(11(16)17)5-8(9)12/h3-5H,2,6H2,1H3,(H2,13,15)(H,16,17). The maximum absolute atomic E-state index is 13.6. The fourth-order valence-corrected chi connectivity index (χ4v) is 1.45. The number of nitrogens with zero attached hydrogens (tertiary/aromatic N) is 1. The number of nitrogens with two attached hydrogens (primary N) is 1. The first kappa shape index (κ1) is 13.0. The fourth-order valence-electron chi connectivity index (χ4n) is 1.45. The van der Waals surface area contributed by atoms with Gasteiger partial charge in [0.15, 0.2) is 0 Å². The molecule has 17 heavy (non-hydrogen) atoms. The number of hydrogen-bond acceptors (Lipinski definition) is 3. The van der Waals surface area contributed by atoms with Gasteiger partial charge in [-0.2, -0.15) is 0 Å². The van der Waals surface area contributed by atoms with E-state index in [1.807, 2.05) is 0 Å². The third-order valence-electron chi connectivity index (χ3n) is 2.26. The highest BCUT2D eigenvalue weighted by atomic mass is 19.1. The number of amides is 1. The summed E-state index contributed by atoms with van der Waals surface area (Å²) in [5.41, 5.74) is 5.06. The topological polar surface area (TPSA) is 83.6 Å². The molecule has 0 heterocycles. The third-order valence-corrected chi connectivity index (χ3v) is 2.26. The summed E-state index contributed by atoms with van der Waals surface area (Å²) in [4.78, 5) is 22.9. The first-order chi connectivity index (χ1) is 7.95. The van der Waals surface area contributed by atoms with Crippen LogP contribution < -0.4 is 10.6 Å². The van der Waals surface area contributed by atoms with Crippen LogP contribution in [0.15, 0.2) is 18.2 Å². The van der Waals surface area contributed by atoms with Gasteiger partial charge in [0.25, 0.3) is 0 Å². The zero-order valence-electron chi connectivity index (χ0n) is 9.31. The Bertz CT molecular complexity index is 448. The number of anilines is 1. The fraction of sp³-hybridized carbons (Fsp3) is 0.273. The summed E-state index contributed by atoms with van der Waals surface area (Å²) in [6.45, 7) is 2.03. The van der Waals surface area contributed by atoms with Crippen molar-refractivity contribution in [1.29, 1.82) is 0 Å². The lowest BCUT2D eigenvalue weighted by Crippen LogP contribution is -2.34. The minimum atomic E-state index is -1.20. The van der Waals surface area contributed by atoms with Gasteiger partial charge >= 0.3 is 5.97 Å². The van der Waals surface area contributed by atoms with Crippen molar-refractivity contribution in [2.45, 2.75) is 6.92 Å². The zero-order valence-corrected chi connectivity index (χ0v) is 9.31. The highest BCUT2D eigenvalue weighted by Gasteiger charge is 2.14. The van der Waals surface area contributed by atoms with Crippen molar-refractivity contribution in [1.82, 2.24) is 0 Å². The molecule has 3 N–H and O–H groups in total. The predicted molar refractivity (Wildman–Crippen MR) is 60.4 cm³/mol. The lowest BCUT2D eigenvalue weighted by atomic mass is 10.2. The van der Waals surface area contributed by atoms with Crippen molar-refractivity contribution in [3.63, 3.8) is 0 Å². The van der Waals surface area contributed by atoms with E-state index in [1.165, 1.54) is 17.0 Å². The second-order valence-corrected chi connectivity index (χ2v) is 3.45.